The molecule has 1 aromatic carbocycles. The molecule has 0 atom stereocenters. The highest BCUT2D eigenvalue weighted by atomic mass is 16.5. The molecule has 0 N–H and O–H groups in total. The number of nitriles is 1. The van der Waals surface area contributed by atoms with Crippen LogP contribution in [0.1, 0.15) is 18.4 Å². The highest BCUT2D eigenvalue weighted by molar-refractivity contribution is 5.84. The van der Waals surface area contributed by atoms with E-state index in [-0.39, 0.29) is 0 Å². The highest BCUT2D eigenvalue weighted by Crippen LogP contribution is 2.36. The summed E-state index contributed by atoms with van der Waals surface area (Å²) in [6.45, 7) is 1.85. The first-order chi connectivity index (χ1) is 16.6. The molecule has 3 aromatic heterocycles. The van der Waals surface area contributed by atoms with Gasteiger partial charge in [0.2, 0.25) is 0 Å². The summed E-state index contributed by atoms with van der Waals surface area (Å²) in [5, 5.41) is 9.25. The summed E-state index contributed by atoms with van der Waals surface area (Å²) in [6, 6.07) is 10.5. The van der Waals surface area contributed by atoms with Gasteiger partial charge in [-0.3, -0.25) is 4.40 Å². The van der Waals surface area contributed by atoms with Crippen molar-refractivity contribution < 1.29 is 4.74 Å². The minimum Gasteiger partial charge on any atom is -0.467 e. The predicted molar refractivity (Wildman–Crippen MR) is 130 cm³/mol. The van der Waals surface area contributed by atoms with E-state index in [9.17, 15) is 5.26 Å². The van der Waals surface area contributed by atoms with Crippen LogP contribution in [0.5, 0.6) is 6.01 Å². The Hall–Kier alpha value is -4.03. The van der Waals surface area contributed by atoms with Crippen molar-refractivity contribution in [2.24, 2.45) is 0 Å². The van der Waals surface area contributed by atoms with Crippen molar-refractivity contribution in [1.82, 2.24) is 29.2 Å². The summed E-state index contributed by atoms with van der Waals surface area (Å²) >= 11 is 0. The fourth-order valence-corrected chi connectivity index (χ4v) is 4.52. The van der Waals surface area contributed by atoms with E-state index in [1.165, 1.54) is 0 Å². The third-order valence-corrected chi connectivity index (χ3v) is 6.42. The molecule has 0 unspecified atom stereocenters. The van der Waals surface area contributed by atoms with E-state index in [0.717, 1.165) is 59.8 Å². The number of hydrogen-bond donors (Lipinski definition) is 0. The van der Waals surface area contributed by atoms with Crippen LogP contribution in [-0.4, -0.2) is 69.6 Å². The van der Waals surface area contributed by atoms with Gasteiger partial charge in [0.1, 0.15) is 5.52 Å². The number of nitrogens with zero attached hydrogens (tertiary/aromatic N) is 8. The maximum atomic E-state index is 9.25. The van der Waals surface area contributed by atoms with E-state index >= 15 is 0 Å². The predicted octanol–water partition coefficient (Wildman–Crippen LogP) is 3.26. The SMILES string of the molecule is COc1ncc(-c2c(-c3ccc(C#N)cc3)nc(N3CCC(N(C)C)CC3)c3cncn23)cn1. The average Bonchev–Trinajstić information content (AvgIpc) is 3.38. The standard InChI is InChI=1S/C25H26N8O/c1-31(2)20-8-10-32(11-9-20)24-21-15-27-16-33(21)23(19-13-28-25(34-3)29-14-19)22(30-24)18-6-4-17(12-26)5-7-18/h4-7,13-16,20H,8-11H2,1-3H3. The smallest absolute Gasteiger partial charge is 0.316 e. The molecule has 0 radical (unpaired) electrons. The summed E-state index contributed by atoms with van der Waals surface area (Å²) in [5.74, 6) is 0.909. The van der Waals surface area contributed by atoms with E-state index in [1.807, 2.05) is 30.5 Å². The van der Waals surface area contributed by atoms with Gasteiger partial charge >= 0.3 is 6.01 Å². The first kappa shape index (κ1) is 21.8. The molecular weight excluding hydrogens is 428 g/mol. The number of methoxy groups -OCH3 is 1. The first-order valence-corrected chi connectivity index (χ1v) is 11.2. The maximum absolute atomic E-state index is 9.25. The van der Waals surface area contributed by atoms with Crippen molar-refractivity contribution >= 4 is 11.3 Å². The van der Waals surface area contributed by atoms with E-state index in [0.29, 0.717) is 17.6 Å². The molecule has 0 saturated carbocycles. The quantitative estimate of drug-likeness (QED) is 0.453. The topological polar surface area (TPSA) is 95.5 Å². The lowest BCUT2D eigenvalue weighted by Gasteiger charge is -2.36. The summed E-state index contributed by atoms with van der Waals surface area (Å²) < 4.78 is 7.20. The van der Waals surface area contributed by atoms with E-state index in [2.05, 4.69) is 49.3 Å². The first-order valence-electron chi connectivity index (χ1n) is 11.2. The van der Waals surface area contributed by atoms with Crippen LogP contribution in [0.25, 0.3) is 28.0 Å². The largest absolute Gasteiger partial charge is 0.467 e. The number of rotatable bonds is 5. The molecule has 1 fully saturated rings. The molecule has 1 aliphatic rings. The zero-order chi connectivity index (χ0) is 23.7. The van der Waals surface area contributed by atoms with Gasteiger partial charge in [-0.2, -0.15) is 5.26 Å². The third kappa shape index (κ3) is 3.93. The van der Waals surface area contributed by atoms with Crippen LogP contribution >= 0.6 is 0 Å². The van der Waals surface area contributed by atoms with Crippen molar-refractivity contribution in [2.75, 3.05) is 39.2 Å². The molecule has 5 rings (SSSR count). The lowest BCUT2D eigenvalue weighted by Crippen LogP contribution is -2.42. The third-order valence-electron chi connectivity index (χ3n) is 6.42. The minimum atomic E-state index is 0.305. The molecule has 172 valence electrons. The van der Waals surface area contributed by atoms with Gasteiger partial charge in [0.05, 0.1) is 42.7 Å². The average molecular weight is 455 g/mol. The second-order valence-corrected chi connectivity index (χ2v) is 8.61. The van der Waals surface area contributed by atoms with E-state index in [1.54, 1.807) is 25.8 Å². The lowest BCUT2D eigenvalue weighted by atomic mass is 10.0. The Kier molecular flexibility index (Phi) is 5.82. The van der Waals surface area contributed by atoms with Crippen LogP contribution in [0.3, 0.4) is 0 Å². The zero-order valence-corrected chi connectivity index (χ0v) is 19.5. The van der Waals surface area contributed by atoms with Gasteiger partial charge in [0.25, 0.3) is 0 Å². The highest BCUT2D eigenvalue weighted by Gasteiger charge is 2.26. The molecule has 4 aromatic rings. The van der Waals surface area contributed by atoms with Gasteiger partial charge in [0, 0.05) is 42.7 Å². The fourth-order valence-electron chi connectivity index (χ4n) is 4.52. The number of anilines is 1. The van der Waals surface area contributed by atoms with E-state index in [4.69, 9.17) is 9.72 Å². The molecule has 0 aliphatic carbocycles. The lowest BCUT2D eigenvalue weighted by molar-refractivity contribution is 0.249. The Bertz CT molecular complexity index is 1330. The molecule has 0 amide bonds. The van der Waals surface area contributed by atoms with Gasteiger partial charge in [0.15, 0.2) is 5.82 Å². The molecule has 9 heteroatoms. The Morgan fingerprint density at radius 3 is 2.35 bits per heavy atom. The Morgan fingerprint density at radius 2 is 1.74 bits per heavy atom. The van der Waals surface area contributed by atoms with Crippen molar-refractivity contribution in [3.63, 3.8) is 0 Å². The van der Waals surface area contributed by atoms with Crippen molar-refractivity contribution in [2.45, 2.75) is 18.9 Å². The van der Waals surface area contributed by atoms with Crippen molar-refractivity contribution in [3.8, 4) is 34.6 Å². The number of imidazole rings is 1. The maximum Gasteiger partial charge on any atom is 0.316 e. The zero-order valence-electron chi connectivity index (χ0n) is 19.5. The number of hydrogen-bond acceptors (Lipinski definition) is 8. The fraction of sp³-hybridized carbons (Fsp3) is 0.320. The van der Waals surface area contributed by atoms with Gasteiger partial charge in [-0.1, -0.05) is 12.1 Å². The van der Waals surface area contributed by atoms with Crippen LogP contribution in [0.2, 0.25) is 0 Å². The molecule has 1 aliphatic heterocycles. The van der Waals surface area contributed by atoms with Gasteiger partial charge in [-0.15, -0.1) is 0 Å². The number of benzene rings is 1. The second-order valence-electron chi connectivity index (χ2n) is 8.61. The molecule has 34 heavy (non-hydrogen) atoms. The van der Waals surface area contributed by atoms with E-state index < -0.39 is 0 Å². The van der Waals surface area contributed by atoms with Crippen molar-refractivity contribution in [1.29, 1.82) is 5.26 Å². The molecule has 1 saturated heterocycles. The molecule has 4 heterocycles. The van der Waals surface area contributed by atoms with Crippen LogP contribution < -0.4 is 9.64 Å². The van der Waals surface area contributed by atoms with Crippen LogP contribution in [0.4, 0.5) is 5.82 Å². The molecule has 0 bridgehead atoms. The Balaban J connectivity index is 1.68. The van der Waals surface area contributed by atoms with Crippen molar-refractivity contribution in [3.05, 3.63) is 54.7 Å². The number of ether oxygens (including phenoxy) is 1. The summed E-state index contributed by atoms with van der Waals surface area (Å²) in [5.41, 5.74) is 4.87. The van der Waals surface area contributed by atoms with Crippen LogP contribution in [0.15, 0.2) is 49.2 Å². The second kappa shape index (κ2) is 9.08. The molecule has 0 spiro atoms. The normalized spacial score (nSPS) is 14.5. The molecular formula is C25H26N8O. The Morgan fingerprint density at radius 1 is 1.03 bits per heavy atom. The monoisotopic (exact) mass is 454 g/mol. The van der Waals surface area contributed by atoms with Gasteiger partial charge in [-0.25, -0.2) is 19.9 Å². The Labute approximate surface area is 198 Å². The number of aromatic nitrogens is 5. The summed E-state index contributed by atoms with van der Waals surface area (Å²) in [4.78, 5) is 22.9. The number of fused-ring (bicyclic) bond motifs is 1. The van der Waals surface area contributed by atoms with Gasteiger partial charge in [-0.05, 0) is 39.1 Å². The summed E-state index contributed by atoms with van der Waals surface area (Å²) in [6.07, 6.45) is 9.29. The molecule has 9 nitrogen and oxygen atoms in total. The summed E-state index contributed by atoms with van der Waals surface area (Å²) in [7, 11) is 5.83. The van der Waals surface area contributed by atoms with Crippen LogP contribution in [0, 0.1) is 11.3 Å². The van der Waals surface area contributed by atoms with Gasteiger partial charge < -0.3 is 14.5 Å². The minimum absolute atomic E-state index is 0.305. The number of piperidine rings is 1. The van der Waals surface area contributed by atoms with Crippen LogP contribution in [-0.2, 0) is 0 Å².